The Bertz CT molecular complexity index is 1550. The lowest BCUT2D eigenvalue weighted by molar-refractivity contribution is -0.0980. The van der Waals surface area contributed by atoms with Crippen LogP contribution in [0.3, 0.4) is 0 Å². The highest BCUT2D eigenvalue weighted by atomic mass is 19.1. The maximum Gasteiger partial charge on any atom is 0.255 e. The molecule has 2 heterocycles. The number of hydrogen-bond donors (Lipinski definition) is 2. The number of para-hydroxylation sites is 1. The van der Waals surface area contributed by atoms with Crippen molar-refractivity contribution >= 4 is 29.9 Å². The van der Waals surface area contributed by atoms with Gasteiger partial charge in [0.1, 0.15) is 41.6 Å². The van der Waals surface area contributed by atoms with Gasteiger partial charge in [0.25, 0.3) is 5.91 Å². The average Bonchev–Trinajstić information content (AvgIpc) is 2.97. The fourth-order valence-corrected chi connectivity index (χ4v) is 4.35. The highest BCUT2D eigenvalue weighted by Crippen LogP contribution is 2.40. The Morgan fingerprint density at radius 2 is 1.59 bits per heavy atom. The summed E-state index contributed by atoms with van der Waals surface area (Å²) in [5.74, 6) is -0.683. The molecule has 1 aromatic heterocycles. The van der Waals surface area contributed by atoms with Crippen LogP contribution in [0.2, 0.25) is 0 Å². The van der Waals surface area contributed by atoms with E-state index in [2.05, 4.69) is 27.2 Å². The van der Waals surface area contributed by atoms with Crippen LogP contribution in [0.5, 0.6) is 0 Å². The first kappa shape index (κ1) is 30.6. The maximum absolute atomic E-state index is 14.8. The summed E-state index contributed by atoms with van der Waals surface area (Å²) in [5, 5.41) is 6.02. The van der Waals surface area contributed by atoms with Gasteiger partial charge in [-0.1, -0.05) is 50.3 Å². The van der Waals surface area contributed by atoms with Crippen LogP contribution in [-0.4, -0.2) is 22.7 Å². The number of carbonyl (C=O) groups excluding carboxylic acids is 2. The summed E-state index contributed by atoms with van der Waals surface area (Å²) >= 11 is 0. The Hall–Kier alpha value is -4.92. The molecule has 1 amide bonds. The molecule has 0 spiro atoms. The minimum atomic E-state index is -0.737. The smallest absolute Gasteiger partial charge is 0.255 e. The van der Waals surface area contributed by atoms with Gasteiger partial charge in [-0.15, -0.1) is 0 Å². The molecule has 0 saturated carbocycles. The first-order valence-corrected chi connectivity index (χ1v) is 13.1. The first-order chi connectivity index (χ1) is 19.7. The maximum atomic E-state index is 14.8. The van der Waals surface area contributed by atoms with E-state index in [0.29, 0.717) is 46.5 Å². The van der Waals surface area contributed by atoms with E-state index in [9.17, 15) is 13.6 Å². The molecule has 0 radical (unpaired) electrons. The first-order valence-electron chi connectivity index (χ1n) is 13.1. The van der Waals surface area contributed by atoms with Gasteiger partial charge in [0.2, 0.25) is 0 Å². The molecule has 9 heteroatoms. The number of hydrogen-bond acceptors (Lipinski definition) is 6. The molecule has 4 aromatic rings. The third kappa shape index (κ3) is 6.46. The van der Waals surface area contributed by atoms with Crippen molar-refractivity contribution in [2.24, 2.45) is 0 Å². The van der Waals surface area contributed by atoms with Crippen molar-refractivity contribution in [2.45, 2.75) is 41.2 Å². The highest BCUT2D eigenvalue weighted by Gasteiger charge is 2.31. The van der Waals surface area contributed by atoms with Gasteiger partial charge in [-0.25, -0.2) is 18.7 Å². The van der Waals surface area contributed by atoms with Crippen molar-refractivity contribution in [2.75, 3.05) is 10.2 Å². The van der Waals surface area contributed by atoms with Crippen LogP contribution < -0.4 is 15.5 Å². The number of nitrogens with zero attached hydrogens (tertiary/aromatic N) is 3. The molecule has 0 bridgehead atoms. The molecule has 0 saturated heterocycles. The van der Waals surface area contributed by atoms with Crippen molar-refractivity contribution in [1.82, 2.24) is 15.3 Å². The quantitative estimate of drug-likeness (QED) is 0.277. The van der Waals surface area contributed by atoms with Crippen molar-refractivity contribution < 1.29 is 18.4 Å². The monoisotopic (exact) mass is 557 g/mol. The van der Waals surface area contributed by atoms with Crippen LogP contribution in [0.15, 0.2) is 73.1 Å². The fraction of sp³-hybridized carbons (Fsp3) is 0.188. The third-order valence-electron chi connectivity index (χ3n) is 6.27. The summed E-state index contributed by atoms with van der Waals surface area (Å²) in [4.78, 5) is 31.6. The van der Waals surface area contributed by atoms with Crippen LogP contribution in [-0.2, 0) is 11.3 Å². The minimum Gasteiger partial charge on any atom is -0.367 e. The van der Waals surface area contributed by atoms with Gasteiger partial charge in [0.05, 0.1) is 5.69 Å². The fourth-order valence-electron chi connectivity index (χ4n) is 4.35. The molecule has 0 atom stereocenters. The number of halogens is 2. The second-order valence-corrected chi connectivity index (χ2v) is 8.98. The molecule has 3 aromatic carbocycles. The molecule has 1 aliphatic rings. The summed E-state index contributed by atoms with van der Waals surface area (Å²) in [6.07, 6.45) is 0. The number of fused-ring (bicyclic) bond motifs is 1. The number of nitrogens with one attached hydrogen (secondary N) is 2. The van der Waals surface area contributed by atoms with E-state index in [1.165, 1.54) is 23.1 Å². The van der Waals surface area contributed by atoms with Crippen molar-refractivity contribution in [3.05, 3.63) is 113 Å². The van der Waals surface area contributed by atoms with E-state index in [4.69, 9.17) is 4.79 Å². The number of aryl methyl sites for hydroxylation is 3. The van der Waals surface area contributed by atoms with Gasteiger partial charge in [-0.05, 0) is 62.7 Å². The second-order valence-electron chi connectivity index (χ2n) is 8.98. The van der Waals surface area contributed by atoms with Crippen molar-refractivity contribution in [3.8, 4) is 11.3 Å². The lowest BCUT2D eigenvalue weighted by atomic mass is 9.97. The van der Waals surface area contributed by atoms with Gasteiger partial charge >= 0.3 is 0 Å². The topological polar surface area (TPSA) is 87.2 Å². The zero-order chi connectivity index (χ0) is 30.3. The molecule has 0 unspecified atom stereocenters. The van der Waals surface area contributed by atoms with Crippen molar-refractivity contribution in [3.63, 3.8) is 0 Å². The molecule has 212 valence electrons. The van der Waals surface area contributed by atoms with E-state index >= 15 is 0 Å². The molecule has 7 nitrogen and oxygen atoms in total. The largest absolute Gasteiger partial charge is 0.367 e. The van der Waals surface area contributed by atoms with Crippen LogP contribution in [0.1, 0.15) is 46.7 Å². The van der Waals surface area contributed by atoms with Crippen LogP contribution in [0.25, 0.3) is 11.3 Å². The molecular weight excluding hydrogens is 524 g/mol. The Morgan fingerprint density at radius 1 is 0.951 bits per heavy atom. The van der Waals surface area contributed by atoms with E-state index in [1.54, 1.807) is 19.1 Å². The number of aromatic nitrogens is 2. The van der Waals surface area contributed by atoms with Gasteiger partial charge < -0.3 is 15.4 Å². The Morgan fingerprint density at radius 3 is 2.22 bits per heavy atom. The minimum absolute atomic E-state index is 0.258. The molecular formula is C32H33F2N5O2. The Labute approximate surface area is 239 Å². The van der Waals surface area contributed by atoms with Crippen molar-refractivity contribution in [1.29, 1.82) is 0 Å². The molecule has 2 N–H and O–H groups in total. The number of carbonyl (C=O) groups is 2. The predicted molar refractivity (Wildman–Crippen MR) is 159 cm³/mol. The van der Waals surface area contributed by atoms with E-state index < -0.39 is 11.6 Å². The van der Waals surface area contributed by atoms with Crippen LogP contribution in [0.4, 0.5) is 26.0 Å². The number of benzene rings is 3. The lowest BCUT2D eigenvalue weighted by Gasteiger charge is -2.34. The normalized spacial score (nSPS) is 11.7. The summed E-state index contributed by atoms with van der Waals surface area (Å²) in [6, 6.07) is 16.6. The summed E-state index contributed by atoms with van der Waals surface area (Å²) < 4.78 is 29.6. The molecule has 0 aliphatic carbocycles. The van der Waals surface area contributed by atoms with Gasteiger partial charge in [0.15, 0.2) is 0 Å². The average molecular weight is 558 g/mol. The SMILES string of the molecule is C=C1NCc2c(-c3cc(C(=O)Nc4ccc(C)cc4)ccc3C)nc(C)nc2N1c1c(F)cccc1F.C=O.CC. The predicted octanol–water partition coefficient (Wildman–Crippen LogP) is 7.15. The van der Waals surface area contributed by atoms with E-state index in [1.807, 2.05) is 64.8 Å². The zero-order valence-corrected chi connectivity index (χ0v) is 23.8. The number of anilines is 3. The molecule has 0 fully saturated rings. The Kier molecular flexibility index (Phi) is 10.0. The van der Waals surface area contributed by atoms with E-state index in [-0.39, 0.29) is 11.6 Å². The Balaban J connectivity index is 0.00000111. The molecule has 1 aliphatic heterocycles. The number of rotatable bonds is 4. The standard InChI is InChI=1S/C29H25F2N5O.C2H6.CH2O/c1-16-8-12-21(13-9-16)35-29(37)20-11-10-17(2)22(14-20)26-23-15-32-19(4)36(28(23)34-18(3)33-26)27-24(30)6-5-7-25(27)31;2*1-2/h5-14,32H,4,15H2,1-3H3,(H,35,37);1-2H3;1H2. The van der Waals surface area contributed by atoms with Crippen LogP contribution >= 0.6 is 0 Å². The summed E-state index contributed by atoms with van der Waals surface area (Å²) in [7, 11) is 0. The second kappa shape index (κ2) is 13.4. The van der Waals surface area contributed by atoms with Crippen LogP contribution in [0, 0.1) is 32.4 Å². The molecule has 41 heavy (non-hydrogen) atoms. The highest BCUT2D eigenvalue weighted by molar-refractivity contribution is 6.05. The van der Waals surface area contributed by atoms with Gasteiger partial charge in [0, 0.05) is 28.9 Å². The summed E-state index contributed by atoms with van der Waals surface area (Å²) in [6.45, 7) is 15.9. The van der Waals surface area contributed by atoms with Gasteiger partial charge in [-0.2, -0.15) is 0 Å². The lowest BCUT2D eigenvalue weighted by Crippen LogP contribution is -2.35. The summed E-state index contributed by atoms with van der Waals surface area (Å²) in [5.41, 5.74) is 4.80. The van der Waals surface area contributed by atoms with Gasteiger partial charge in [-0.3, -0.25) is 9.69 Å². The third-order valence-corrected chi connectivity index (χ3v) is 6.27. The number of amides is 1. The molecule has 5 rings (SSSR count). The van der Waals surface area contributed by atoms with E-state index in [0.717, 1.165) is 16.7 Å². The zero-order valence-electron chi connectivity index (χ0n) is 23.8.